The Morgan fingerprint density at radius 2 is 2.23 bits per heavy atom. The summed E-state index contributed by atoms with van der Waals surface area (Å²) in [5.74, 6) is 0.0301. The number of thiazole rings is 1. The van der Waals surface area contributed by atoms with E-state index in [1.807, 2.05) is 0 Å². The summed E-state index contributed by atoms with van der Waals surface area (Å²) in [5.41, 5.74) is 0.414. The van der Waals surface area contributed by atoms with E-state index >= 15 is 0 Å². The van der Waals surface area contributed by atoms with Crippen LogP contribution in [0.25, 0.3) is 0 Å². The lowest BCUT2D eigenvalue weighted by Crippen LogP contribution is -2.23. The van der Waals surface area contributed by atoms with Gasteiger partial charge >= 0.3 is 6.18 Å². The highest BCUT2D eigenvalue weighted by Gasteiger charge is 2.38. The molecule has 0 spiro atoms. The minimum atomic E-state index is -4.58. The van der Waals surface area contributed by atoms with Crippen LogP contribution in [0, 0.1) is 5.92 Å². The van der Waals surface area contributed by atoms with Crippen molar-refractivity contribution in [3.05, 3.63) is 28.3 Å². The Balaban J connectivity index is 1.75. The van der Waals surface area contributed by atoms with Crippen molar-refractivity contribution in [1.82, 2.24) is 14.8 Å². The molecule has 0 aliphatic heterocycles. The van der Waals surface area contributed by atoms with Crippen LogP contribution in [0.15, 0.2) is 17.8 Å². The molecule has 0 radical (unpaired) electrons. The standard InChI is InChI=1S/C13H13F3N4OS/c14-13(15,16)11-10(17-7-22-11)12(21)19-9-4-5-18-20(9)6-8-2-1-3-8/h4-5,7-8H,1-3,6H2,(H,19,21). The fourth-order valence-corrected chi connectivity index (χ4v) is 2.94. The number of anilines is 1. The van der Waals surface area contributed by atoms with Gasteiger partial charge in [-0.2, -0.15) is 18.3 Å². The summed E-state index contributed by atoms with van der Waals surface area (Å²) >= 11 is 0.406. The first-order chi connectivity index (χ1) is 10.4. The third kappa shape index (κ3) is 2.99. The van der Waals surface area contributed by atoms with Gasteiger partial charge in [-0.05, 0) is 18.8 Å². The van der Waals surface area contributed by atoms with Gasteiger partial charge in [-0.15, -0.1) is 11.3 Å². The zero-order valence-corrected chi connectivity index (χ0v) is 12.2. The number of amides is 1. The molecule has 118 valence electrons. The smallest absolute Gasteiger partial charge is 0.305 e. The topological polar surface area (TPSA) is 59.8 Å². The predicted molar refractivity (Wildman–Crippen MR) is 74.6 cm³/mol. The number of nitrogens with zero attached hydrogens (tertiary/aromatic N) is 3. The molecule has 1 aliphatic carbocycles. The molecule has 1 N–H and O–H groups in total. The first-order valence-electron chi connectivity index (χ1n) is 6.79. The Labute approximate surface area is 128 Å². The highest BCUT2D eigenvalue weighted by molar-refractivity contribution is 7.10. The molecule has 3 rings (SSSR count). The summed E-state index contributed by atoms with van der Waals surface area (Å²) in [6, 6.07) is 1.57. The summed E-state index contributed by atoms with van der Waals surface area (Å²) in [4.78, 5) is 14.6. The van der Waals surface area contributed by atoms with E-state index in [-0.39, 0.29) is 0 Å². The summed E-state index contributed by atoms with van der Waals surface area (Å²) in [7, 11) is 0. The third-order valence-electron chi connectivity index (χ3n) is 3.65. The Bertz CT molecular complexity index is 675. The molecule has 0 bridgehead atoms. The zero-order chi connectivity index (χ0) is 15.7. The minimum absolute atomic E-state index is 0.387. The number of carbonyl (C=O) groups excluding carboxylic acids is 1. The maximum Gasteiger partial charge on any atom is 0.427 e. The molecule has 1 amide bonds. The molecule has 2 heterocycles. The van der Waals surface area contributed by atoms with Crippen LogP contribution < -0.4 is 5.32 Å². The van der Waals surface area contributed by atoms with E-state index in [4.69, 9.17) is 0 Å². The van der Waals surface area contributed by atoms with Crippen molar-refractivity contribution in [2.24, 2.45) is 5.92 Å². The van der Waals surface area contributed by atoms with Crippen molar-refractivity contribution in [2.45, 2.75) is 32.0 Å². The molecule has 0 unspecified atom stereocenters. The van der Waals surface area contributed by atoms with E-state index in [9.17, 15) is 18.0 Å². The molecule has 1 saturated carbocycles. The number of rotatable bonds is 4. The van der Waals surface area contributed by atoms with Crippen molar-refractivity contribution in [3.8, 4) is 0 Å². The lowest BCUT2D eigenvalue weighted by atomic mass is 9.85. The minimum Gasteiger partial charge on any atom is -0.305 e. The van der Waals surface area contributed by atoms with Gasteiger partial charge in [0.25, 0.3) is 5.91 Å². The molecule has 2 aromatic heterocycles. The van der Waals surface area contributed by atoms with Gasteiger partial charge in [0.05, 0.1) is 11.7 Å². The maximum atomic E-state index is 12.8. The van der Waals surface area contributed by atoms with Crippen molar-refractivity contribution in [2.75, 3.05) is 5.32 Å². The fraction of sp³-hybridized carbons (Fsp3) is 0.462. The lowest BCUT2D eigenvalue weighted by molar-refractivity contribution is -0.134. The van der Waals surface area contributed by atoms with Crippen LogP contribution in [0.2, 0.25) is 0 Å². The largest absolute Gasteiger partial charge is 0.427 e. The maximum absolute atomic E-state index is 12.8. The normalized spacial score (nSPS) is 15.6. The zero-order valence-electron chi connectivity index (χ0n) is 11.4. The van der Waals surface area contributed by atoms with E-state index in [1.165, 1.54) is 12.6 Å². The van der Waals surface area contributed by atoms with E-state index < -0.39 is 22.7 Å². The summed E-state index contributed by atoms with van der Waals surface area (Å²) in [6.07, 6.45) is 0.330. The van der Waals surface area contributed by atoms with Crippen LogP contribution in [0.4, 0.5) is 19.0 Å². The van der Waals surface area contributed by atoms with Crippen LogP contribution in [0.5, 0.6) is 0 Å². The quantitative estimate of drug-likeness (QED) is 0.934. The third-order valence-corrected chi connectivity index (χ3v) is 4.53. The Kier molecular flexibility index (Phi) is 3.90. The van der Waals surface area contributed by atoms with Gasteiger partial charge < -0.3 is 5.32 Å². The van der Waals surface area contributed by atoms with Gasteiger partial charge in [0.2, 0.25) is 0 Å². The highest BCUT2D eigenvalue weighted by Crippen LogP contribution is 2.35. The average Bonchev–Trinajstić information content (AvgIpc) is 3.01. The van der Waals surface area contributed by atoms with Crippen LogP contribution >= 0.6 is 11.3 Å². The van der Waals surface area contributed by atoms with E-state index in [0.29, 0.717) is 29.6 Å². The lowest BCUT2D eigenvalue weighted by Gasteiger charge is -2.25. The van der Waals surface area contributed by atoms with Gasteiger partial charge in [-0.1, -0.05) is 6.42 Å². The van der Waals surface area contributed by atoms with Gasteiger partial charge in [0.1, 0.15) is 10.7 Å². The molecule has 22 heavy (non-hydrogen) atoms. The van der Waals surface area contributed by atoms with E-state index in [1.54, 1.807) is 10.7 Å². The van der Waals surface area contributed by atoms with Gasteiger partial charge in [0, 0.05) is 12.6 Å². The number of carbonyl (C=O) groups is 1. The Hall–Kier alpha value is -1.90. The van der Waals surface area contributed by atoms with Crippen molar-refractivity contribution < 1.29 is 18.0 Å². The fourth-order valence-electron chi connectivity index (χ4n) is 2.29. The molecule has 0 aromatic carbocycles. The molecule has 1 aliphatic rings. The first kappa shape index (κ1) is 15.0. The van der Waals surface area contributed by atoms with Gasteiger partial charge in [-0.25, -0.2) is 9.67 Å². The molecule has 0 atom stereocenters. The molecular formula is C13H13F3N4OS. The summed E-state index contributed by atoms with van der Waals surface area (Å²) in [6.45, 7) is 0.659. The van der Waals surface area contributed by atoms with Crippen LogP contribution in [-0.4, -0.2) is 20.7 Å². The number of hydrogen-bond acceptors (Lipinski definition) is 4. The molecule has 1 fully saturated rings. The molecule has 5 nitrogen and oxygen atoms in total. The number of alkyl halides is 3. The second-order valence-electron chi connectivity index (χ2n) is 5.18. The SMILES string of the molecule is O=C(Nc1ccnn1CC1CCC1)c1ncsc1C(F)(F)F. The number of nitrogens with one attached hydrogen (secondary N) is 1. The monoisotopic (exact) mass is 330 g/mol. The summed E-state index contributed by atoms with van der Waals surface area (Å²) in [5, 5.41) is 6.57. The van der Waals surface area contributed by atoms with Crippen LogP contribution in [-0.2, 0) is 12.7 Å². The Morgan fingerprint density at radius 1 is 1.45 bits per heavy atom. The molecule has 2 aromatic rings. The van der Waals surface area contributed by atoms with Gasteiger partial charge in [0.15, 0.2) is 5.69 Å². The van der Waals surface area contributed by atoms with Crippen molar-refractivity contribution >= 4 is 23.1 Å². The predicted octanol–water partition coefficient (Wildman–Crippen LogP) is 3.41. The number of hydrogen-bond donors (Lipinski definition) is 1. The molecule has 9 heteroatoms. The highest BCUT2D eigenvalue weighted by atomic mass is 32.1. The molecular weight excluding hydrogens is 317 g/mol. The second-order valence-corrected chi connectivity index (χ2v) is 6.03. The van der Waals surface area contributed by atoms with Crippen LogP contribution in [0.1, 0.15) is 34.6 Å². The number of halogens is 3. The van der Waals surface area contributed by atoms with Gasteiger partial charge in [-0.3, -0.25) is 4.79 Å². The van der Waals surface area contributed by atoms with Crippen LogP contribution in [0.3, 0.4) is 0 Å². The van der Waals surface area contributed by atoms with Crippen molar-refractivity contribution in [3.63, 3.8) is 0 Å². The Morgan fingerprint density at radius 3 is 2.86 bits per heavy atom. The average molecular weight is 330 g/mol. The number of aromatic nitrogens is 3. The van der Waals surface area contributed by atoms with E-state index in [2.05, 4.69) is 15.4 Å². The first-order valence-corrected chi connectivity index (χ1v) is 7.67. The van der Waals surface area contributed by atoms with E-state index in [0.717, 1.165) is 18.4 Å². The van der Waals surface area contributed by atoms with Crippen molar-refractivity contribution in [1.29, 1.82) is 0 Å². The second kappa shape index (κ2) is 5.71. The molecule has 0 saturated heterocycles. The summed E-state index contributed by atoms with van der Waals surface area (Å²) < 4.78 is 40.0.